The van der Waals surface area contributed by atoms with Crippen molar-refractivity contribution < 1.29 is 14.3 Å². The van der Waals surface area contributed by atoms with Gasteiger partial charge in [-0.3, -0.25) is 9.59 Å². The van der Waals surface area contributed by atoms with Gasteiger partial charge in [0.05, 0.1) is 17.9 Å². The summed E-state index contributed by atoms with van der Waals surface area (Å²) >= 11 is 5.95. The summed E-state index contributed by atoms with van der Waals surface area (Å²) in [4.78, 5) is 27.4. The van der Waals surface area contributed by atoms with Crippen LogP contribution in [0.3, 0.4) is 0 Å². The van der Waals surface area contributed by atoms with Crippen LogP contribution in [0, 0.1) is 0 Å². The highest BCUT2D eigenvalue weighted by molar-refractivity contribution is 6.33. The molecule has 0 spiro atoms. The Morgan fingerprint density at radius 1 is 0.862 bits per heavy atom. The minimum absolute atomic E-state index is 0.227. The van der Waals surface area contributed by atoms with E-state index in [0.29, 0.717) is 16.3 Å². The zero-order valence-corrected chi connectivity index (χ0v) is 16.3. The van der Waals surface area contributed by atoms with Crippen LogP contribution in [0.5, 0.6) is 0 Å². The summed E-state index contributed by atoms with van der Waals surface area (Å²) in [5, 5.41) is 0.532. The standard InChI is InChI=1S/C24H18ClNO3/c25-19-11-13-20(14-12-19)26-23(27)21(15-17-7-3-1-4-8-17)22(24(26)28)29-16-18-9-5-2-6-10-18/h1-15,22H,16H2/b21-15+. The number of halogens is 1. The fourth-order valence-corrected chi connectivity index (χ4v) is 3.33. The van der Waals surface area contributed by atoms with E-state index in [9.17, 15) is 9.59 Å². The number of hydrogen-bond acceptors (Lipinski definition) is 3. The van der Waals surface area contributed by atoms with E-state index >= 15 is 0 Å². The van der Waals surface area contributed by atoms with E-state index in [4.69, 9.17) is 16.3 Å². The average molecular weight is 404 g/mol. The van der Waals surface area contributed by atoms with Crippen LogP contribution < -0.4 is 4.90 Å². The SMILES string of the molecule is O=C1/C(=C/c2ccccc2)C(OCc2ccccc2)C(=O)N1c1ccc(Cl)cc1. The van der Waals surface area contributed by atoms with Gasteiger partial charge in [0.2, 0.25) is 0 Å². The van der Waals surface area contributed by atoms with Crippen LogP contribution in [-0.4, -0.2) is 17.9 Å². The van der Waals surface area contributed by atoms with Gasteiger partial charge in [0.25, 0.3) is 11.8 Å². The van der Waals surface area contributed by atoms with Crippen LogP contribution in [0.2, 0.25) is 5.02 Å². The highest BCUT2D eigenvalue weighted by atomic mass is 35.5. The second kappa shape index (κ2) is 8.43. The molecule has 0 aromatic heterocycles. The lowest BCUT2D eigenvalue weighted by Gasteiger charge is -2.14. The Hall–Kier alpha value is -3.21. The fraction of sp³-hybridized carbons (Fsp3) is 0.0833. The lowest BCUT2D eigenvalue weighted by atomic mass is 10.1. The number of rotatable bonds is 5. The molecule has 0 radical (unpaired) electrons. The minimum Gasteiger partial charge on any atom is -0.359 e. The molecule has 1 atom stereocenters. The molecule has 29 heavy (non-hydrogen) atoms. The summed E-state index contributed by atoms with van der Waals surface area (Å²) in [6.45, 7) is 0.227. The smallest absolute Gasteiger partial charge is 0.268 e. The highest BCUT2D eigenvalue weighted by Gasteiger charge is 2.45. The molecule has 0 aliphatic carbocycles. The number of nitrogens with zero attached hydrogens (tertiary/aromatic N) is 1. The minimum atomic E-state index is -0.974. The van der Waals surface area contributed by atoms with Crippen LogP contribution in [0.1, 0.15) is 11.1 Å². The third kappa shape index (κ3) is 4.14. The van der Waals surface area contributed by atoms with E-state index in [-0.39, 0.29) is 12.5 Å². The van der Waals surface area contributed by atoms with Crippen LogP contribution in [0.15, 0.2) is 90.5 Å². The highest BCUT2D eigenvalue weighted by Crippen LogP contribution is 2.31. The molecule has 5 heteroatoms. The summed E-state index contributed by atoms with van der Waals surface area (Å²) in [6, 6.07) is 25.6. The Balaban J connectivity index is 1.68. The first-order valence-electron chi connectivity index (χ1n) is 9.19. The van der Waals surface area contributed by atoms with Crippen molar-refractivity contribution in [2.24, 2.45) is 0 Å². The lowest BCUT2D eigenvalue weighted by molar-refractivity contribution is -0.126. The van der Waals surface area contributed by atoms with Gasteiger partial charge in [0, 0.05) is 5.02 Å². The summed E-state index contributed by atoms with van der Waals surface area (Å²) < 4.78 is 5.93. The summed E-state index contributed by atoms with van der Waals surface area (Å²) in [6.07, 6.45) is 0.741. The number of anilines is 1. The molecule has 3 aromatic rings. The van der Waals surface area contributed by atoms with Crippen molar-refractivity contribution in [3.63, 3.8) is 0 Å². The Morgan fingerprint density at radius 2 is 1.48 bits per heavy atom. The van der Waals surface area contributed by atoms with Gasteiger partial charge in [0.15, 0.2) is 6.10 Å². The zero-order valence-electron chi connectivity index (χ0n) is 15.5. The molecule has 0 saturated carbocycles. The average Bonchev–Trinajstić information content (AvgIpc) is 2.98. The van der Waals surface area contributed by atoms with Crippen molar-refractivity contribution in [1.82, 2.24) is 0 Å². The molecule has 1 heterocycles. The molecule has 4 rings (SSSR count). The first kappa shape index (κ1) is 19.1. The summed E-state index contributed by atoms with van der Waals surface area (Å²) in [7, 11) is 0. The molecule has 1 aliphatic heterocycles. The van der Waals surface area contributed by atoms with Crippen LogP contribution >= 0.6 is 11.6 Å². The molecule has 1 aliphatic rings. The van der Waals surface area contributed by atoms with E-state index in [2.05, 4.69) is 0 Å². The Bertz CT molecular complexity index is 1050. The quantitative estimate of drug-likeness (QED) is 0.450. The summed E-state index contributed by atoms with van der Waals surface area (Å²) in [5.41, 5.74) is 2.54. The van der Waals surface area contributed by atoms with Gasteiger partial charge in [-0.2, -0.15) is 0 Å². The largest absolute Gasteiger partial charge is 0.359 e. The number of benzene rings is 3. The monoisotopic (exact) mass is 403 g/mol. The molecule has 144 valence electrons. The van der Waals surface area contributed by atoms with Crippen LogP contribution in [0.25, 0.3) is 6.08 Å². The van der Waals surface area contributed by atoms with Crippen molar-refractivity contribution >= 4 is 35.2 Å². The Labute approximate surface area is 174 Å². The maximum Gasteiger partial charge on any atom is 0.268 e. The van der Waals surface area contributed by atoms with Gasteiger partial charge in [0.1, 0.15) is 0 Å². The topological polar surface area (TPSA) is 46.6 Å². The van der Waals surface area contributed by atoms with Crippen LogP contribution in [0.4, 0.5) is 5.69 Å². The maximum absolute atomic E-state index is 13.2. The molecule has 4 nitrogen and oxygen atoms in total. The molecule has 1 saturated heterocycles. The fourth-order valence-electron chi connectivity index (χ4n) is 3.21. The molecule has 2 amide bonds. The number of carbonyl (C=O) groups excluding carboxylic acids is 2. The number of carbonyl (C=O) groups is 2. The summed E-state index contributed by atoms with van der Waals surface area (Å²) in [5.74, 6) is -0.797. The first-order valence-corrected chi connectivity index (χ1v) is 9.57. The van der Waals surface area contributed by atoms with E-state index in [1.807, 2.05) is 60.7 Å². The van der Waals surface area contributed by atoms with Gasteiger partial charge in [-0.1, -0.05) is 72.3 Å². The van der Waals surface area contributed by atoms with Crippen molar-refractivity contribution in [2.75, 3.05) is 4.90 Å². The second-order valence-electron chi connectivity index (χ2n) is 6.64. The van der Waals surface area contributed by atoms with Crippen molar-refractivity contribution in [3.05, 3.63) is 107 Å². The predicted molar refractivity (Wildman–Crippen MR) is 113 cm³/mol. The van der Waals surface area contributed by atoms with E-state index in [0.717, 1.165) is 16.0 Å². The van der Waals surface area contributed by atoms with Crippen molar-refractivity contribution in [2.45, 2.75) is 12.7 Å². The Morgan fingerprint density at radius 3 is 2.14 bits per heavy atom. The first-order chi connectivity index (χ1) is 14.1. The number of amides is 2. The van der Waals surface area contributed by atoms with Crippen LogP contribution in [-0.2, 0) is 20.9 Å². The number of hydrogen-bond donors (Lipinski definition) is 0. The molecule has 1 fully saturated rings. The zero-order chi connectivity index (χ0) is 20.2. The number of ether oxygens (including phenoxy) is 1. The third-order valence-corrected chi connectivity index (χ3v) is 4.90. The van der Waals surface area contributed by atoms with Gasteiger partial charge >= 0.3 is 0 Å². The van der Waals surface area contributed by atoms with Gasteiger partial charge in [-0.05, 0) is 41.5 Å². The predicted octanol–water partition coefficient (Wildman–Crippen LogP) is 4.88. The molecule has 3 aromatic carbocycles. The molecular formula is C24H18ClNO3. The Kier molecular flexibility index (Phi) is 5.56. The van der Waals surface area contributed by atoms with E-state index in [1.54, 1.807) is 30.3 Å². The normalized spacial score (nSPS) is 17.9. The number of imide groups is 1. The van der Waals surface area contributed by atoms with E-state index in [1.165, 1.54) is 0 Å². The maximum atomic E-state index is 13.2. The molecule has 0 bridgehead atoms. The molecule has 1 unspecified atom stereocenters. The molecule has 0 N–H and O–H groups in total. The second-order valence-corrected chi connectivity index (χ2v) is 7.08. The van der Waals surface area contributed by atoms with Crippen molar-refractivity contribution in [3.8, 4) is 0 Å². The van der Waals surface area contributed by atoms with Gasteiger partial charge in [-0.15, -0.1) is 0 Å². The third-order valence-electron chi connectivity index (χ3n) is 4.64. The van der Waals surface area contributed by atoms with Gasteiger partial charge < -0.3 is 4.74 Å². The lowest BCUT2D eigenvalue weighted by Crippen LogP contribution is -2.32. The van der Waals surface area contributed by atoms with Gasteiger partial charge in [-0.25, -0.2) is 4.90 Å². The van der Waals surface area contributed by atoms with Crippen molar-refractivity contribution in [1.29, 1.82) is 0 Å². The van der Waals surface area contributed by atoms with E-state index < -0.39 is 12.0 Å². The molecular weight excluding hydrogens is 386 g/mol.